The molecule has 0 atom stereocenters. The van der Waals surface area contributed by atoms with Crippen molar-refractivity contribution in [2.45, 2.75) is 12.7 Å². The third-order valence-corrected chi connectivity index (χ3v) is 3.45. The second kappa shape index (κ2) is 5.99. The van der Waals surface area contributed by atoms with Gasteiger partial charge in [0.1, 0.15) is 0 Å². The van der Waals surface area contributed by atoms with Gasteiger partial charge in [-0.3, -0.25) is 9.13 Å². The molecule has 0 radical (unpaired) electrons. The van der Waals surface area contributed by atoms with Crippen molar-refractivity contribution in [3.63, 3.8) is 0 Å². The molecule has 0 aliphatic carbocycles. The maximum Gasteiger partial charge on any atom is 0.422 e. The average Bonchev–Trinajstić information content (AvgIpc) is 2.79. The normalized spacial score (nSPS) is 11.8. The SMILES string of the molecule is Cn1c(=O)n(Cc2ccc(OCC(F)(F)F)nn2)c2ccccc21. The number of hydrogen-bond acceptors (Lipinski definition) is 4. The number of rotatable bonds is 4. The van der Waals surface area contributed by atoms with Crippen LogP contribution in [0.5, 0.6) is 5.88 Å². The third kappa shape index (κ3) is 3.24. The predicted molar refractivity (Wildman–Crippen MR) is 79.9 cm³/mol. The quantitative estimate of drug-likeness (QED) is 0.731. The number of aromatic nitrogens is 4. The molecule has 0 bridgehead atoms. The summed E-state index contributed by atoms with van der Waals surface area (Å²) >= 11 is 0. The topological polar surface area (TPSA) is 61.9 Å². The Morgan fingerprint density at radius 3 is 2.42 bits per heavy atom. The first-order chi connectivity index (χ1) is 11.3. The van der Waals surface area contributed by atoms with E-state index in [9.17, 15) is 18.0 Å². The zero-order valence-corrected chi connectivity index (χ0v) is 12.6. The Balaban J connectivity index is 1.82. The molecular formula is C15H13F3N4O2. The van der Waals surface area contributed by atoms with E-state index in [-0.39, 0.29) is 18.1 Å². The van der Waals surface area contributed by atoms with E-state index in [4.69, 9.17) is 0 Å². The van der Waals surface area contributed by atoms with Crippen molar-refractivity contribution in [2.24, 2.45) is 7.05 Å². The van der Waals surface area contributed by atoms with E-state index in [0.717, 1.165) is 11.0 Å². The number of halogens is 3. The molecule has 2 aromatic heterocycles. The molecule has 3 rings (SSSR count). The van der Waals surface area contributed by atoms with Gasteiger partial charge in [0.25, 0.3) is 0 Å². The third-order valence-electron chi connectivity index (χ3n) is 3.45. The molecule has 6 nitrogen and oxygen atoms in total. The summed E-state index contributed by atoms with van der Waals surface area (Å²) in [7, 11) is 1.67. The first kappa shape index (κ1) is 16.0. The number of fused-ring (bicyclic) bond motifs is 1. The minimum atomic E-state index is -4.43. The molecule has 2 heterocycles. The molecule has 24 heavy (non-hydrogen) atoms. The molecule has 9 heteroatoms. The summed E-state index contributed by atoms with van der Waals surface area (Å²) in [5.41, 5.74) is 1.74. The first-order valence-electron chi connectivity index (χ1n) is 7.01. The van der Waals surface area contributed by atoms with E-state index >= 15 is 0 Å². The van der Waals surface area contributed by atoms with Gasteiger partial charge >= 0.3 is 11.9 Å². The van der Waals surface area contributed by atoms with Crippen molar-refractivity contribution < 1.29 is 17.9 Å². The van der Waals surface area contributed by atoms with Gasteiger partial charge in [-0.15, -0.1) is 10.2 Å². The Hall–Kier alpha value is -2.84. The van der Waals surface area contributed by atoms with Gasteiger partial charge in [0.05, 0.1) is 23.3 Å². The fourth-order valence-electron chi connectivity index (χ4n) is 2.34. The molecule has 0 spiro atoms. The highest BCUT2D eigenvalue weighted by atomic mass is 19.4. The fraction of sp³-hybridized carbons (Fsp3) is 0.267. The van der Waals surface area contributed by atoms with Crippen molar-refractivity contribution in [1.82, 2.24) is 19.3 Å². The largest absolute Gasteiger partial charge is 0.467 e. The summed E-state index contributed by atoms with van der Waals surface area (Å²) in [6, 6.07) is 10.1. The number of imidazole rings is 1. The van der Waals surface area contributed by atoms with Crippen molar-refractivity contribution >= 4 is 11.0 Å². The summed E-state index contributed by atoms with van der Waals surface area (Å²) in [5, 5.41) is 7.42. The van der Waals surface area contributed by atoms with Crippen molar-refractivity contribution in [3.05, 3.63) is 52.6 Å². The first-order valence-corrected chi connectivity index (χ1v) is 7.01. The molecule has 0 amide bonds. The van der Waals surface area contributed by atoms with Gasteiger partial charge in [-0.2, -0.15) is 13.2 Å². The van der Waals surface area contributed by atoms with E-state index in [1.54, 1.807) is 7.05 Å². The van der Waals surface area contributed by atoms with E-state index in [1.807, 2.05) is 24.3 Å². The lowest BCUT2D eigenvalue weighted by atomic mass is 10.3. The number of ether oxygens (including phenoxy) is 1. The molecule has 0 saturated heterocycles. The average molecular weight is 338 g/mol. The molecule has 0 saturated carbocycles. The van der Waals surface area contributed by atoms with Crippen LogP contribution < -0.4 is 10.4 Å². The molecule has 0 N–H and O–H groups in total. The Bertz CT molecular complexity index is 913. The van der Waals surface area contributed by atoms with Crippen LogP contribution in [0.3, 0.4) is 0 Å². The maximum absolute atomic E-state index is 12.3. The van der Waals surface area contributed by atoms with Crippen LogP contribution in [-0.4, -0.2) is 32.1 Å². The van der Waals surface area contributed by atoms with Crippen LogP contribution in [0.25, 0.3) is 11.0 Å². The summed E-state index contributed by atoms with van der Waals surface area (Å²) in [5.74, 6) is -0.221. The molecule has 126 valence electrons. The Kier molecular flexibility index (Phi) is 4.00. The second-order valence-electron chi connectivity index (χ2n) is 5.18. The van der Waals surface area contributed by atoms with E-state index in [0.29, 0.717) is 5.69 Å². The van der Waals surface area contributed by atoms with Gasteiger partial charge in [-0.05, 0) is 18.2 Å². The lowest BCUT2D eigenvalue weighted by molar-refractivity contribution is -0.154. The maximum atomic E-state index is 12.3. The zero-order chi connectivity index (χ0) is 17.3. The number of para-hydroxylation sites is 2. The van der Waals surface area contributed by atoms with Gasteiger partial charge in [0.2, 0.25) is 5.88 Å². The van der Waals surface area contributed by atoms with Crippen LogP contribution in [0.1, 0.15) is 5.69 Å². The number of nitrogens with zero attached hydrogens (tertiary/aromatic N) is 4. The highest BCUT2D eigenvalue weighted by Gasteiger charge is 2.28. The second-order valence-corrected chi connectivity index (χ2v) is 5.18. The summed E-state index contributed by atoms with van der Waals surface area (Å²) in [6.45, 7) is -1.27. The Morgan fingerprint density at radius 2 is 1.79 bits per heavy atom. The van der Waals surface area contributed by atoms with E-state index < -0.39 is 12.8 Å². The number of aryl methyl sites for hydroxylation is 1. The summed E-state index contributed by atoms with van der Waals surface area (Å²) in [4.78, 5) is 12.3. The minimum absolute atomic E-state index is 0.159. The van der Waals surface area contributed by atoms with Crippen molar-refractivity contribution in [2.75, 3.05) is 6.61 Å². The Morgan fingerprint density at radius 1 is 1.08 bits per heavy atom. The standard InChI is InChI=1S/C15H13F3N4O2/c1-21-11-4-2-3-5-12(11)22(14(21)23)8-10-6-7-13(20-19-10)24-9-15(16,17)18/h2-7H,8-9H2,1H3. The van der Waals surface area contributed by atoms with Gasteiger partial charge in [0.15, 0.2) is 6.61 Å². The lowest BCUT2D eigenvalue weighted by Crippen LogP contribution is -2.23. The summed E-state index contributed by atoms with van der Waals surface area (Å²) in [6.07, 6.45) is -4.43. The smallest absolute Gasteiger partial charge is 0.422 e. The van der Waals surface area contributed by atoms with Crippen LogP contribution in [0.2, 0.25) is 0 Å². The number of hydrogen-bond donors (Lipinski definition) is 0. The highest BCUT2D eigenvalue weighted by Crippen LogP contribution is 2.17. The number of benzene rings is 1. The van der Waals surface area contributed by atoms with Crippen LogP contribution >= 0.6 is 0 Å². The zero-order valence-electron chi connectivity index (χ0n) is 12.6. The van der Waals surface area contributed by atoms with Crippen LogP contribution in [0.4, 0.5) is 13.2 Å². The predicted octanol–water partition coefficient (Wildman–Crippen LogP) is 2.12. The lowest BCUT2D eigenvalue weighted by Gasteiger charge is -2.08. The Labute approximate surface area is 134 Å². The van der Waals surface area contributed by atoms with Crippen LogP contribution in [0.15, 0.2) is 41.2 Å². The van der Waals surface area contributed by atoms with E-state index in [2.05, 4.69) is 14.9 Å². The molecular weight excluding hydrogens is 325 g/mol. The summed E-state index contributed by atoms with van der Waals surface area (Å²) < 4.78 is 43.8. The molecule has 0 aliphatic heterocycles. The van der Waals surface area contributed by atoms with Gasteiger partial charge in [0, 0.05) is 13.1 Å². The monoisotopic (exact) mass is 338 g/mol. The van der Waals surface area contributed by atoms with Gasteiger partial charge in [-0.25, -0.2) is 4.79 Å². The minimum Gasteiger partial charge on any atom is -0.467 e. The molecule has 0 aliphatic rings. The van der Waals surface area contributed by atoms with Gasteiger partial charge in [-0.1, -0.05) is 12.1 Å². The van der Waals surface area contributed by atoms with Crippen LogP contribution in [0, 0.1) is 0 Å². The molecule has 1 aromatic carbocycles. The molecule has 3 aromatic rings. The molecule has 0 unspecified atom stereocenters. The fourth-order valence-corrected chi connectivity index (χ4v) is 2.34. The number of alkyl halides is 3. The van der Waals surface area contributed by atoms with Crippen LogP contribution in [-0.2, 0) is 13.6 Å². The van der Waals surface area contributed by atoms with E-state index in [1.165, 1.54) is 21.3 Å². The van der Waals surface area contributed by atoms with Crippen molar-refractivity contribution in [1.29, 1.82) is 0 Å². The molecule has 0 fully saturated rings. The highest BCUT2D eigenvalue weighted by molar-refractivity contribution is 5.75. The van der Waals surface area contributed by atoms with Gasteiger partial charge < -0.3 is 4.74 Å². The van der Waals surface area contributed by atoms with Crippen molar-refractivity contribution in [3.8, 4) is 5.88 Å².